The summed E-state index contributed by atoms with van der Waals surface area (Å²) in [6, 6.07) is 4.90. The number of aromatic nitrogens is 2. The molecule has 1 atom stereocenters. The third-order valence-corrected chi connectivity index (χ3v) is 3.60. The van der Waals surface area contributed by atoms with E-state index in [-0.39, 0.29) is 11.8 Å². The van der Waals surface area contributed by atoms with Crippen LogP contribution in [0.15, 0.2) is 18.2 Å². The molecule has 1 aromatic heterocycles. The predicted octanol–water partition coefficient (Wildman–Crippen LogP) is 3.11. The molecule has 2 rings (SSSR count). The molecular formula is C13H15Cl2N3O. The molecule has 1 heterocycles. The van der Waals surface area contributed by atoms with E-state index >= 15 is 0 Å². The zero-order valence-corrected chi connectivity index (χ0v) is 12.2. The Hall–Kier alpha value is -1.26. The maximum absolute atomic E-state index is 11.7. The summed E-state index contributed by atoms with van der Waals surface area (Å²) < 4.78 is 1.76. The molecule has 1 aromatic carbocycles. The summed E-state index contributed by atoms with van der Waals surface area (Å²) in [5.41, 5.74) is 6.94. The third kappa shape index (κ3) is 2.42. The molecule has 0 aliphatic rings. The molecule has 102 valence electrons. The van der Waals surface area contributed by atoms with Gasteiger partial charge in [-0.05, 0) is 18.1 Å². The quantitative estimate of drug-likeness (QED) is 0.882. The van der Waals surface area contributed by atoms with E-state index in [2.05, 4.69) is 4.98 Å². The number of rotatable bonds is 4. The Morgan fingerprint density at radius 1 is 1.47 bits per heavy atom. The van der Waals surface area contributed by atoms with Gasteiger partial charge < -0.3 is 10.3 Å². The van der Waals surface area contributed by atoms with E-state index in [0.29, 0.717) is 16.4 Å². The van der Waals surface area contributed by atoms with Gasteiger partial charge in [-0.25, -0.2) is 4.98 Å². The molecule has 0 radical (unpaired) electrons. The maximum Gasteiger partial charge on any atom is 0.240 e. The summed E-state index contributed by atoms with van der Waals surface area (Å²) in [7, 11) is 0. The molecule has 19 heavy (non-hydrogen) atoms. The average molecular weight is 300 g/mol. The second-order valence-electron chi connectivity index (χ2n) is 4.73. The second-order valence-corrected chi connectivity index (χ2v) is 5.40. The Kier molecular flexibility index (Phi) is 4.02. The topological polar surface area (TPSA) is 60.9 Å². The number of para-hydroxylation sites is 1. The van der Waals surface area contributed by atoms with Gasteiger partial charge in [0.15, 0.2) is 0 Å². The smallest absolute Gasteiger partial charge is 0.240 e. The van der Waals surface area contributed by atoms with Crippen molar-refractivity contribution in [3.63, 3.8) is 0 Å². The number of hydrogen-bond acceptors (Lipinski definition) is 2. The highest BCUT2D eigenvalue weighted by Crippen LogP contribution is 2.31. The van der Waals surface area contributed by atoms with E-state index in [4.69, 9.17) is 28.9 Å². The Labute approximate surface area is 121 Å². The number of nitrogens with zero attached hydrogens (tertiary/aromatic N) is 2. The van der Waals surface area contributed by atoms with Crippen LogP contribution in [0, 0.1) is 5.92 Å². The molecule has 0 saturated carbocycles. The second kappa shape index (κ2) is 5.39. The molecule has 0 aliphatic carbocycles. The zero-order chi connectivity index (χ0) is 14.2. The van der Waals surface area contributed by atoms with Gasteiger partial charge in [0.05, 0.1) is 21.9 Å². The molecular weight excluding hydrogens is 285 g/mol. The largest absolute Gasteiger partial charge is 0.368 e. The molecule has 1 unspecified atom stereocenters. The van der Waals surface area contributed by atoms with E-state index < -0.39 is 11.9 Å². The maximum atomic E-state index is 11.7. The number of carbonyl (C=O) groups is 1. The number of imidazole rings is 1. The number of amides is 1. The molecule has 1 amide bonds. The number of fused-ring (bicyclic) bond motifs is 1. The van der Waals surface area contributed by atoms with E-state index in [1.54, 1.807) is 10.6 Å². The van der Waals surface area contributed by atoms with Crippen LogP contribution in [0.3, 0.4) is 0 Å². The molecule has 2 aromatic rings. The molecule has 0 bridgehead atoms. The lowest BCUT2D eigenvalue weighted by atomic mass is 10.0. The van der Waals surface area contributed by atoms with Crippen LogP contribution in [-0.2, 0) is 10.7 Å². The van der Waals surface area contributed by atoms with Crippen LogP contribution in [-0.4, -0.2) is 15.5 Å². The number of primary amides is 1. The molecule has 0 saturated heterocycles. The van der Waals surface area contributed by atoms with E-state index in [0.717, 1.165) is 5.52 Å². The van der Waals surface area contributed by atoms with Crippen LogP contribution in [0.4, 0.5) is 0 Å². The van der Waals surface area contributed by atoms with Crippen LogP contribution >= 0.6 is 23.2 Å². The minimum absolute atomic E-state index is 0.0214. The van der Waals surface area contributed by atoms with Gasteiger partial charge in [0.1, 0.15) is 11.9 Å². The van der Waals surface area contributed by atoms with Crippen molar-refractivity contribution in [3.8, 4) is 0 Å². The highest BCUT2D eigenvalue weighted by molar-refractivity contribution is 6.35. The summed E-state index contributed by atoms with van der Waals surface area (Å²) in [5, 5.41) is 0.535. The molecule has 2 N–H and O–H groups in total. The van der Waals surface area contributed by atoms with E-state index in [1.165, 1.54) is 0 Å². The van der Waals surface area contributed by atoms with Gasteiger partial charge >= 0.3 is 0 Å². The number of benzene rings is 1. The lowest BCUT2D eigenvalue weighted by Gasteiger charge is -2.22. The highest BCUT2D eigenvalue weighted by Gasteiger charge is 2.27. The van der Waals surface area contributed by atoms with Crippen LogP contribution in [0.5, 0.6) is 0 Å². The van der Waals surface area contributed by atoms with Gasteiger partial charge in [-0.3, -0.25) is 4.79 Å². The first-order valence-electron chi connectivity index (χ1n) is 5.98. The number of hydrogen-bond donors (Lipinski definition) is 1. The van der Waals surface area contributed by atoms with Gasteiger partial charge in [-0.1, -0.05) is 31.5 Å². The van der Waals surface area contributed by atoms with Crippen molar-refractivity contribution in [2.45, 2.75) is 25.8 Å². The summed E-state index contributed by atoms with van der Waals surface area (Å²) in [5.74, 6) is 0.401. The van der Waals surface area contributed by atoms with Crippen molar-refractivity contribution < 1.29 is 4.79 Å². The van der Waals surface area contributed by atoms with Gasteiger partial charge in [-0.2, -0.15) is 0 Å². The fourth-order valence-corrected chi connectivity index (χ4v) is 2.75. The molecule has 0 fully saturated rings. The average Bonchev–Trinajstić information content (AvgIpc) is 2.68. The molecule has 0 aliphatic heterocycles. The Morgan fingerprint density at radius 3 is 2.68 bits per heavy atom. The molecule has 6 heteroatoms. The highest BCUT2D eigenvalue weighted by atomic mass is 35.5. The standard InChI is InChI=1S/C13H15Cl2N3O/c1-7(2)11(13(16)19)18-10(6-14)17-9-5-3-4-8(15)12(9)18/h3-5,7,11H,6H2,1-2H3,(H2,16,19). The number of alkyl halides is 1. The van der Waals surface area contributed by atoms with Crippen molar-refractivity contribution in [2.75, 3.05) is 0 Å². The van der Waals surface area contributed by atoms with E-state index in [1.807, 2.05) is 26.0 Å². The van der Waals surface area contributed by atoms with E-state index in [9.17, 15) is 4.79 Å². The van der Waals surface area contributed by atoms with Gasteiger partial charge in [0.25, 0.3) is 0 Å². The first kappa shape index (κ1) is 14.2. The lowest BCUT2D eigenvalue weighted by Crippen LogP contribution is -2.31. The summed E-state index contributed by atoms with van der Waals surface area (Å²) in [6.45, 7) is 3.85. The minimum atomic E-state index is -0.515. The van der Waals surface area contributed by atoms with Crippen LogP contribution in [0.2, 0.25) is 5.02 Å². The Bertz CT molecular complexity index is 622. The van der Waals surface area contributed by atoms with Crippen molar-refractivity contribution in [1.29, 1.82) is 0 Å². The van der Waals surface area contributed by atoms with Crippen molar-refractivity contribution in [1.82, 2.24) is 9.55 Å². The number of nitrogens with two attached hydrogens (primary N) is 1. The van der Waals surface area contributed by atoms with Crippen molar-refractivity contribution >= 4 is 40.1 Å². The zero-order valence-electron chi connectivity index (χ0n) is 10.7. The first-order chi connectivity index (χ1) is 8.97. The third-order valence-electron chi connectivity index (χ3n) is 3.05. The first-order valence-corrected chi connectivity index (χ1v) is 6.89. The van der Waals surface area contributed by atoms with Gasteiger partial charge in [-0.15, -0.1) is 11.6 Å². The van der Waals surface area contributed by atoms with Crippen LogP contribution in [0.25, 0.3) is 11.0 Å². The number of halogens is 2. The summed E-state index contributed by atoms with van der Waals surface area (Å²) in [4.78, 5) is 16.2. The summed E-state index contributed by atoms with van der Waals surface area (Å²) >= 11 is 12.2. The molecule has 0 spiro atoms. The Balaban J connectivity index is 2.79. The predicted molar refractivity (Wildman–Crippen MR) is 77.4 cm³/mol. The minimum Gasteiger partial charge on any atom is -0.368 e. The number of carbonyl (C=O) groups excluding carboxylic acids is 1. The van der Waals surface area contributed by atoms with Crippen molar-refractivity contribution in [3.05, 3.63) is 29.0 Å². The van der Waals surface area contributed by atoms with Crippen molar-refractivity contribution in [2.24, 2.45) is 11.7 Å². The monoisotopic (exact) mass is 299 g/mol. The fraction of sp³-hybridized carbons (Fsp3) is 0.385. The van der Waals surface area contributed by atoms with Gasteiger partial charge in [0, 0.05) is 0 Å². The fourth-order valence-electron chi connectivity index (χ4n) is 2.30. The normalized spacial score (nSPS) is 13.1. The van der Waals surface area contributed by atoms with Crippen LogP contribution < -0.4 is 5.73 Å². The lowest BCUT2D eigenvalue weighted by molar-refractivity contribution is -0.122. The summed E-state index contributed by atoms with van der Waals surface area (Å²) in [6.07, 6.45) is 0. The molecule has 4 nitrogen and oxygen atoms in total. The Morgan fingerprint density at radius 2 is 2.16 bits per heavy atom. The van der Waals surface area contributed by atoms with Gasteiger partial charge in [0.2, 0.25) is 5.91 Å². The van der Waals surface area contributed by atoms with Crippen LogP contribution in [0.1, 0.15) is 25.7 Å². The SMILES string of the molecule is CC(C)C(C(N)=O)n1c(CCl)nc2cccc(Cl)c21.